The van der Waals surface area contributed by atoms with Crippen molar-refractivity contribution >= 4 is 29.3 Å². The number of fused-ring (bicyclic) bond motifs is 2. The lowest BCUT2D eigenvalue weighted by Crippen LogP contribution is -2.48. The third-order valence-electron chi connectivity index (χ3n) is 4.44. The zero-order valence-corrected chi connectivity index (χ0v) is 12.6. The second kappa shape index (κ2) is 5.10. The first-order chi connectivity index (χ1) is 9.47. The van der Waals surface area contributed by atoms with Gasteiger partial charge in [0.05, 0.1) is 0 Å². The first kappa shape index (κ1) is 14.0. The van der Waals surface area contributed by atoms with E-state index in [0.29, 0.717) is 16.6 Å². The van der Waals surface area contributed by atoms with Crippen LogP contribution in [0.5, 0.6) is 0 Å². The van der Waals surface area contributed by atoms with Crippen molar-refractivity contribution in [2.45, 2.75) is 31.5 Å². The number of piperazine rings is 1. The number of rotatable bonds is 2. The summed E-state index contributed by atoms with van der Waals surface area (Å²) in [5.41, 5.74) is 1.05. The Hall–Kier alpha value is -0.970. The van der Waals surface area contributed by atoms with Crippen LogP contribution in [0.15, 0.2) is 18.2 Å². The van der Waals surface area contributed by atoms with Gasteiger partial charge in [0.2, 0.25) is 0 Å². The molecule has 1 aromatic carbocycles. The quantitative estimate of drug-likeness (QED) is 0.908. The molecule has 2 fully saturated rings. The molecule has 2 aliphatic rings. The van der Waals surface area contributed by atoms with Gasteiger partial charge >= 0.3 is 6.09 Å². The smallest absolute Gasteiger partial charge is 0.407 e. The van der Waals surface area contributed by atoms with Crippen LogP contribution >= 0.6 is 23.2 Å². The number of likely N-dealkylation sites (tertiary alicyclic amines) is 2. The second-order valence-corrected chi connectivity index (χ2v) is 6.36. The Morgan fingerprint density at radius 3 is 2.65 bits per heavy atom. The summed E-state index contributed by atoms with van der Waals surface area (Å²) in [7, 11) is 0. The van der Waals surface area contributed by atoms with Crippen LogP contribution in [0, 0.1) is 0 Å². The molecule has 1 aromatic rings. The molecule has 108 valence electrons. The van der Waals surface area contributed by atoms with Crippen LogP contribution < -0.4 is 0 Å². The van der Waals surface area contributed by atoms with Crippen molar-refractivity contribution in [1.29, 1.82) is 0 Å². The maximum atomic E-state index is 11.1. The molecular formula is C14H16Cl2N2O2. The molecular weight excluding hydrogens is 299 g/mol. The number of hydrogen-bond acceptors (Lipinski definition) is 2. The topological polar surface area (TPSA) is 43.8 Å². The molecule has 4 nitrogen and oxygen atoms in total. The molecule has 0 saturated carbocycles. The lowest BCUT2D eigenvalue weighted by atomic mass is 10.1. The van der Waals surface area contributed by atoms with Crippen LogP contribution in [0.1, 0.15) is 24.9 Å². The van der Waals surface area contributed by atoms with Crippen molar-refractivity contribution in [3.05, 3.63) is 33.8 Å². The van der Waals surface area contributed by atoms with Gasteiger partial charge in [0.1, 0.15) is 0 Å². The molecule has 2 aliphatic heterocycles. The van der Waals surface area contributed by atoms with E-state index in [9.17, 15) is 4.79 Å². The summed E-state index contributed by atoms with van der Waals surface area (Å²) in [5.74, 6) is 0. The van der Waals surface area contributed by atoms with E-state index in [4.69, 9.17) is 28.3 Å². The van der Waals surface area contributed by atoms with E-state index in [1.54, 1.807) is 11.0 Å². The van der Waals surface area contributed by atoms with Crippen molar-refractivity contribution in [3.8, 4) is 0 Å². The molecule has 1 N–H and O–H groups in total. The molecule has 6 heteroatoms. The average Bonchev–Trinajstić information content (AvgIpc) is 2.97. The lowest BCUT2D eigenvalue weighted by molar-refractivity contribution is 0.0862. The van der Waals surface area contributed by atoms with Crippen LogP contribution in [0.3, 0.4) is 0 Å². The molecule has 1 amide bonds. The summed E-state index contributed by atoms with van der Waals surface area (Å²) in [6.07, 6.45) is 0.108. The van der Waals surface area contributed by atoms with Gasteiger partial charge in [0.25, 0.3) is 0 Å². The Morgan fingerprint density at radius 1 is 1.35 bits per heavy atom. The Morgan fingerprint density at radius 2 is 2.10 bits per heavy atom. The van der Waals surface area contributed by atoms with Gasteiger partial charge < -0.3 is 10.0 Å². The van der Waals surface area contributed by atoms with Crippen molar-refractivity contribution in [3.63, 3.8) is 0 Å². The molecule has 0 spiro atoms. The van der Waals surface area contributed by atoms with Gasteiger partial charge in [-0.25, -0.2) is 4.79 Å². The van der Waals surface area contributed by atoms with Gasteiger partial charge in [-0.05, 0) is 31.0 Å². The Balaban J connectivity index is 1.77. The highest BCUT2D eigenvalue weighted by Crippen LogP contribution is 2.38. The summed E-state index contributed by atoms with van der Waals surface area (Å²) in [5, 5.41) is 10.4. The number of carbonyl (C=O) groups is 1. The largest absolute Gasteiger partial charge is 0.465 e. The van der Waals surface area contributed by atoms with E-state index < -0.39 is 6.09 Å². The van der Waals surface area contributed by atoms with Crippen molar-refractivity contribution in [2.75, 3.05) is 13.1 Å². The minimum atomic E-state index is -0.811. The predicted molar refractivity (Wildman–Crippen MR) is 78.5 cm³/mol. The Labute approximate surface area is 127 Å². The number of hydrogen-bond donors (Lipinski definition) is 1. The zero-order chi connectivity index (χ0) is 14.4. The van der Waals surface area contributed by atoms with Crippen LogP contribution in [-0.4, -0.2) is 46.2 Å². The van der Waals surface area contributed by atoms with Gasteiger partial charge in [0.15, 0.2) is 0 Å². The third-order valence-corrected chi connectivity index (χ3v) is 5.00. The molecule has 20 heavy (non-hydrogen) atoms. The van der Waals surface area contributed by atoms with Crippen LogP contribution in [0.4, 0.5) is 4.79 Å². The van der Waals surface area contributed by atoms with Crippen molar-refractivity contribution in [1.82, 2.24) is 9.80 Å². The van der Waals surface area contributed by atoms with Crippen molar-refractivity contribution in [2.24, 2.45) is 0 Å². The highest BCUT2D eigenvalue weighted by Gasteiger charge is 2.47. The van der Waals surface area contributed by atoms with E-state index >= 15 is 0 Å². The Kier molecular flexibility index (Phi) is 3.56. The van der Waals surface area contributed by atoms with E-state index in [-0.39, 0.29) is 18.1 Å². The molecule has 0 aliphatic carbocycles. The molecule has 3 rings (SSSR count). The molecule has 2 saturated heterocycles. The van der Waals surface area contributed by atoms with E-state index in [1.165, 1.54) is 0 Å². The average molecular weight is 315 g/mol. The van der Waals surface area contributed by atoms with Gasteiger partial charge in [-0.15, -0.1) is 0 Å². The number of halogens is 2. The van der Waals surface area contributed by atoms with Gasteiger partial charge in [-0.2, -0.15) is 0 Å². The van der Waals surface area contributed by atoms with E-state index in [2.05, 4.69) is 11.8 Å². The maximum absolute atomic E-state index is 11.1. The fourth-order valence-corrected chi connectivity index (χ4v) is 3.99. The third kappa shape index (κ3) is 2.26. The highest BCUT2D eigenvalue weighted by molar-refractivity contribution is 6.35. The summed E-state index contributed by atoms with van der Waals surface area (Å²) in [6, 6.07) is 6.13. The standard InChI is InChI=1S/C14H16Cl2N2O2/c1-8(12-3-2-9(15)4-13(12)16)17-6-11-5-10(17)7-18(11)14(19)20/h2-4,8,10-11H,5-7H2,1H3,(H,19,20). The molecule has 0 aromatic heterocycles. The van der Waals surface area contributed by atoms with Gasteiger partial charge in [0, 0.05) is 41.3 Å². The van der Waals surface area contributed by atoms with Crippen LogP contribution in [0.25, 0.3) is 0 Å². The monoisotopic (exact) mass is 314 g/mol. The number of nitrogens with zero attached hydrogens (tertiary/aromatic N) is 2. The molecule has 2 bridgehead atoms. The molecule has 3 atom stereocenters. The van der Waals surface area contributed by atoms with Gasteiger partial charge in [-0.3, -0.25) is 4.90 Å². The van der Waals surface area contributed by atoms with E-state index in [0.717, 1.165) is 18.5 Å². The van der Waals surface area contributed by atoms with E-state index in [1.807, 2.05) is 12.1 Å². The van der Waals surface area contributed by atoms with Gasteiger partial charge in [-0.1, -0.05) is 29.3 Å². The summed E-state index contributed by atoms with van der Waals surface area (Å²) >= 11 is 12.2. The fraction of sp³-hybridized carbons (Fsp3) is 0.500. The Bertz CT molecular complexity index is 552. The molecule has 3 unspecified atom stereocenters. The fourth-order valence-electron chi connectivity index (χ4n) is 3.43. The number of carboxylic acid groups (broad SMARTS) is 1. The number of amides is 1. The summed E-state index contributed by atoms with van der Waals surface area (Å²) in [4.78, 5) is 15.0. The lowest BCUT2D eigenvalue weighted by Gasteiger charge is -2.37. The molecule has 0 radical (unpaired) electrons. The minimum absolute atomic E-state index is 0.117. The highest BCUT2D eigenvalue weighted by atomic mass is 35.5. The van der Waals surface area contributed by atoms with Crippen molar-refractivity contribution < 1.29 is 9.90 Å². The molecule has 2 heterocycles. The maximum Gasteiger partial charge on any atom is 0.407 e. The first-order valence-electron chi connectivity index (χ1n) is 6.67. The first-order valence-corrected chi connectivity index (χ1v) is 7.43. The number of benzene rings is 1. The summed E-state index contributed by atoms with van der Waals surface area (Å²) in [6.45, 7) is 3.48. The van der Waals surface area contributed by atoms with Crippen LogP contribution in [-0.2, 0) is 0 Å². The second-order valence-electron chi connectivity index (χ2n) is 5.52. The predicted octanol–water partition coefficient (Wildman–Crippen LogP) is 3.49. The SMILES string of the molecule is CC(c1ccc(Cl)cc1Cl)N1CC2CC1CN2C(=O)O. The minimum Gasteiger partial charge on any atom is -0.465 e. The zero-order valence-electron chi connectivity index (χ0n) is 11.1. The van der Waals surface area contributed by atoms with Crippen LogP contribution in [0.2, 0.25) is 10.0 Å². The summed E-state index contributed by atoms with van der Waals surface area (Å²) < 4.78 is 0. The normalized spacial score (nSPS) is 27.1.